The van der Waals surface area contributed by atoms with Gasteiger partial charge in [0.05, 0.1) is 12.1 Å². The van der Waals surface area contributed by atoms with E-state index < -0.39 is 0 Å². The van der Waals surface area contributed by atoms with E-state index in [1.807, 2.05) is 0 Å². The van der Waals surface area contributed by atoms with Crippen molar-refractivity contribution in [1.82, 2.24) is 4.98 Å². The van der Waals surface area contributed by atoms with Crippen LogP contribution in [0.15, 0.2) is 73.1 Å². The molecule has 1 fully saturated rings. The summed E-state index contributed by atoms with van der Waals surface area (Å²) < 4.78 is 24.2. The van der Waals surface area contributed by atoms with Gasteiger partial charge < -0.3 is 9.47 Å². The monoisotopic (exact) mass is 349 g/mol. The van der Waals surface area contributed by atoms with E-state index in [1.54, 1.807) is 60.9 Å². The minimum Gasteiger partial charge on any atom is -0.456 e. The molecule has 3 aromatic rings. The molecule has 2 aromatic carbocycles. The van der Waals surface area contributed by atoms with Crippen LogP contribution in [0, 0.1) is 11.7 Å². The zero-order valence-corrected chi connectivity index (χ0v) is 13.8. The van der Waals surface area contributed by atoms with Crippen molar-refractivity contribution in [3.63, 3.8) is 0 Å². The number of carbonyl (C=O) groups excluding carboxylic acids is 1. The average Bonchev–Trinajstić information content (AvgIpc) is 3.44. The van der Waals surface area contributed by atoms with Gasteiger partial charge >= 0.3 is 5.97 Å². The molecule has 0 unspecified atom stereocenters. The second-order valence-corrected chi connectivity index (χ2v) is 6.19. The average molecular weight is 349 g/mol. The van der Waals surface area contributed by atoms with Crippen molar-refractivity contribution in [1.29, 1.82) is 0 Å². The molecule has 1 aromatic heterocycles. The van der Waals surface area contributed by atoms with Gasteiger partial charge in [0, 0.05) is 12.3 Å². The molecule has 0 radical (unpaired) electrons. The fraction of sp³-hybridized carbons (Fsp3) is 0.143. The Kier molecular flexibility index (Phi) is 4.35. The first-order valence-electron chi connectivity index (χ1n) is 8.34. The molecule has 26 heavy (non-hydrogen) atoms. The predicted octanol–water partition coefficient (Wildman–Crippen LogP) is 4.72. The standard InChI is InChI=1S/C21H16FNO3/c22-15-8-6-14(7-9-15)19-12-20(19)21(24)26-17-4-1-3-16(11-17)25-18-5-2-10-23-13-18/h1-11,13,19-20H,12H2/t19-,20+/m1/s1. The molecule has 5 heteroatoms. The number of carbonyl (C=O) groups is 1. The number of nitrogens with zero attached hydrogens (tertiary/aromatic N) is 1. The Hall–Kier alpha value is -3.21. The summed E-state index contributed by atoms with van der Waals surface area (Å²) in [5, 5.41) is 0. The quantitative estimate of drug-likeness (QED) is 0.494. The largest absolute Gasteiger partial charge is 0.456 e. The summed E-state index contributed by atoms with van der Waals surface area (Å²) in [6.45, 7) is 0. The molecule has 4 nitrogen and oxygen atoms in total. The summed E-state index contributed by atoms with van der Waals surface area (Å²) in [4.78, 5) is 16.3. The highest BCUT2D eigenvalue weighted by Crippen LogP contribution is 2.48. The normalized spacial score (nSPS) is 18.2. The summed E-state index contributed by atoms with van der Waals surface area (Å²) in [6, 6.07) is 16.8. The molecular formula is C21H16FNO3. The van der Waals surface area contributed by atoms with Crippen LogP contribution in [0.2, 0.25) is 0 Å². The van der Waals surface area contributed by atoms with Crippen LogP contribution in [0.25, 0.3) is 0 Å². The number of halogens is 1. The topological polar surface area (TPSA) is 48.4 Å². The van der Waals surface area contributed by atoms with Crippen molar-refractivity contribution in [2.24, 2.45) is 5.92 Å². The number of hydrogen-bond acceptors (Lipinski definition) is 4. The van der Waals surface area contributed by atoms with E-state index in [1.165, 1.54) is 12.1 Å². The summed E-state index contributed by atoms with van der Waals surface area (Å²) in [5.41, 5.74) is 0.960. The number of hydrogen-bond donors (Lipinski definition) is 0. The number of rotatable bonds is 5. The minimum atomic E-state index is -0.280. The molecule has 1 heterocycles. The molecule has 130 valence electrons. The number of ether oxygens (including phenoxy) is 2. The van der Waals surface area contributed by atoms with Crippen LogP contribution >= 0.6 is 0 Å². The molecule has 4 rings (SSSR count). The van der Waals surface area contributed by atoms with E-state index in [2.05, 4.69) is 4.98 Å². The van der Waals surface area contributed by atoms with Gasteiger partial charge in [-0.2, -0.15) is 0 Å². The Morgan fingerprint density at radius 3 is 2.54 bits per heavy atom. The van der Waals surface area contributed by atoms with Gasteiger partial charge in [-0.05, 0) is 54.3 Å². The fourth-order valence-corrected chi connectivity index (χ4v) is 2.87. The minimum absolute atomic E-state index is 0.0953. The molecule has 0 amide bonds. The number of pyridine rings is 1. The van der Waals surface area contributed by atoms with Gasteiger partial charge in [0.15, 0.2) is 0 Å². The Morgan fingerprint density at radius 1 is 1.00 bits per heavy atom. The van der Waals surface area contributed by atoms with E-state index in [0.717, 1.165) is 12.0 Å². The SMILES string of the molecule is O=C(Oc1cccc(Oc2cccnc2)c1)[C@H]1C[C@@H]1c1ccc(F)cc1. The number of aromatic nitrogens is 1. The number of benzene rings is 2. The van der Waals surface area contributed by atoms with E-state index in [-0.39, 0.29) is 23.6 Å². The molecule has 0 saturated heterocycles. The molecular weight excluding hydrogens is 333 g/mol. The van der Waals surface area contributed by atoms with Crippen LogP contribution in [0.4, 0.5) is 4.39 Å². The van der Waals surface area contributed by atoms with Crippen molar-refractivity contribution in [2.75, 3.05) is 0 Å². The maximum atomic E-state index is 13.0. The summed E-state index contributed by atoms with van der Waals surface area (Å²) in [6.07, 6.45) is 3.99. The zero-order valence-electron chi connectivity index (χ0n) is 13.8. The highest BCUT2D eigenvalue weighted by atomic mass is 19.1. The van der Waals surface area contributed by atoms with Crippen molar-refractivity contribution in [2.45, 2.75) is 12.3 Å². The van der Waals surface area contributed by atoms with Gasteiger partial charge in [0.2, 0.25) is 0 Å². The predicted molar refractivity (Wildman–Crippen MR) is 93.6 cm³/mol. The van der Waals surface area contributed by atoms with E-state index >= 15 is 0 Å². The van der Waals surface area contributed by atoms with Crippen LogP contribution < -0.4 is 9.47 Å². The van der Waals surface area contributed by atoms with Gasteiger partial charge in [0.1, 0.15) is 23.1 Å². The zero-order chi connectivity index (χ0) is 17.9. The Morgan fingerprint density at radius 2 is 1.77 bits per heavy atom. The van der Waals surface area contributed by atoms with Crippen molar-refractivity contribution >= 4 is 5.97 Å². The van der Waals surface area contributed by atoms with E-state index in [0.29, 0.717) is 17.2 Å². The highest BCUT2D eigenvalue weighted by molar-refractivity contribution is 5.79. The van der Waals surface area contributed by atoms with Crippen molar-refractivity contribution in [3.05, 3.63) is 84.4 Å². The van der Waals surface area contributed by atoms with Gasteiger partial charge in [-0.15, -0.1) is 0 Å². The molecule has 0 bridgehead atoms. The fourth-order valence-electron chi connectivity index (χ4n) is 2.87. The van der Waals surface area contributed by atoms with E-state index in [4.69, 9.17) is 9.47 Å². The highest BCUT2D eigenvalue weighted by Gasteiger charge is 2.45. The first-order valence-corrected chi connectivity index (χ1v) is 8.34. The van der Waals surface area contributed by atoms with Gasteiger partial charge in [-0.3, -0.25) is 9.78 Å². The van der Waals surface area contributed by atoms with Crippen molar-refractivity contribution in [3.8, 4) is 17.2 Å². The summed E-state index contributed by atoms with van der Waals surface area (Å²) in [7, 11) is 0. The molecule has 1 aliphatic rings. The Bertz CT molecular complexity index is 912. The molecule has 2 atom stereocenters. The van der Waals surface area contributed by atoms with Gasteiger partial charge in [-0.1, -0.05) is 18.2 Å². The lowest BCUT2D eigenvalue weighted by Gasteiger charge is -2.08. The van der Waals surface area contributed by atoms with Crippen LogP contribution in [0.1, 0.15) is 17.9 Å². The molecule has 0 spiro atoms. The molecule has 0 N–H and O–H groups in total. The second kappa shape index (κ2) is 6.96. The summed E-state index contributed by atoms with van der Waals surface area (Å²) in [5.74, 6) is 0.947. The van der Waals surface area contributed by atoms with Gasteiger partial charge in [-0.25, -0.2) is 4.39 Å². The second-order valence-electron chi connectivity index (χ2n) is 6.19. The lowest BCUT2D eigenvalue weighted by Crippen LogP contribution is -2.11. The van der Waals surface area contributed by atoms with Crippen LogP contribution in [0.5, 0.6) is 17.2 Å². The Labute approximate surface area is 150 Å². The first-order chi connectivity index (χ1) is 12.7. The first kappa shape index (κ1) is 16.3. The lowest BCUT2D eigenvalue weighted by molar-refractivity contribution is -0.135. The van der Waals surface area contributed by atoms with E-state index in [9.17, 15) is 9.18 Å². The molecule has 1 aliphatic carbocycles. The lowest BCUT2D eigenvalue weighted by atomic mass is 10.1. The maximum Gasteiger partial charge on any atom is 0.314 e. The van der Waals surface area contributed by atoms with Crippen LogP contribution in [-0.4, -0.2) is 11.0 Å². The van der Waals surface area contributed by atoms with Crippen LogP contribution in [0.3, 0.4) is 0 Å². The Balaban J connectivity index is 1.39. The third-order valence-electron chi connectivity index (χ3n) is 4.29. The molecule has 1 saturated carbocycles. The third kappa shape index (κ3) is 3.72. The van der Waals surface area contributed by atoms with Gasteiger partial charge in [0.25, 0.3) is 0 Å². The molecule has 0 aliphatic heterocycles. The number of esters is 1. The third-order valence-corrected chi connectivity index (χ3v) is 4.29. The smallest absolute Gasteiger partial charge is 0.314 e. The van der Waals surface area contributed by atoms with Crippen LogP contribution in [-0.2, 0) is 4.79 Å². The maximum absolute atomic E-state index is 13.0. The summed E-state index contributed by atoms with van der Waals surface area (Å²) >= 11 is 0. The van der Waals surface area contributed by atoms with Crippen molar-refractivity contribution < 1.29 is 18.7 Å².